The predicted octanol–water partition coefficient (Wildman–Crippen LogP) is 3.87. The smallest absolute Gasteiger partial charge is 0.0904 e. The molecule has 1 aromatic carbocycles. The fourth-order valence-corrected chi connectivity index (χ4v) is 3.24. The first-order valence-electron chi connectivity index (χ1n) is 4.99. The summed E-state index contributed by atoms with van der Waals surface area (Å²) >= 11 is 7.81. The number of hydrogen-bond acceptors (Lipinski definition) is 2. The van der Waals surface area contributed by atoms with Crippen LogP contribution in [-0.2, 0) is 12.8 Å². The third-order valence-corrected chi connectivity index (χ3v) is 4.01. The van der Waals surface area contributed by atoms with Gasteiger partial charge in [-0.15, -0.1) is 11.3 Å². The van der Waals surface area contributed by atoms with Crippen molar-refractivity contribution in [2.45, 2.75) is 19.8 Å². The maximum Gasteiger partial charge on any atom is 0.0904 e. The van der Waals surface area contributed by atoms with E-state index in [1.807, 2.05) is 17.4 Å². The summed E-state index contributed by atoms with van der Waals surface area (Å²) in [5, 5.41) is 1.98. The molecule has 15 heavy (non-hydrogen) atoms. The van der Waals surface area contributed by atoms with E-state index in [9.17, 15) is 0 Å². The largest absolute Gasteiger partial charge is 0.241 e. The Bertz CT molecular complexity index is 530. The van der Waals surface area contributed by atoms with Crippen molar-refractivity contribution >= 4 is 22.9 Å². The Morgan fingerprint density at radius 1 is 1.33 bits per heavy atom. The third-order valence-electron chi connectivity index (χ3n) is 2.75. The van der Waals surface area contributed by atoms with Gasteiger partial charge in [0, 0.05) is 15.5 Å². The molecule has 0 unspecified atom stereocenters. The molecular formula is C12H10ClNS. The molecule has 0 saturated heterocycles. The summed E-state index contributed by atoms with van der Waals surface area (Å²) in [6, 6.07) is 6.10. The average Bonchev–Trinajstić information content (AvgIpc) is 2.58. The molecule has 2 aromatic rings. The number of thiazole rings is 1. The standard InChI is InChI=1S/C12H10ClNS/c1-7-14-12-10-4-3-9(13)6-8(10)2-5-11(12)15-7/h3-4,6H,2,5H2,1H3. The van der Waals surface area contributed by atoms with Crippen molar-refractivity contribution in [2.75, 3.05) is 0 Å². The molecule has 1 aliphatic rings. The molecule has 0 amide bonds. The molecule has 1 aliphatic carbocycles. The predicted molar refractivity (Wildman–Crippen MR) is 64.7 cm³/mol. The van der Waals surface area contributed by atoms with Gasteiger partial charge in [0.05, 0.1) is 10.7 Å². The van der Waals surface area contributed by atoms with Gasteiger partial charge in [0.25, 0.3) is 0 Å². The number of nitrogens with zero attached hydrogens (tertiary/aromatic N) is 1. The molecule has 0 fully saturated rings. The van der Waals surface area contributed by atoms with E-state index >= 15 is 0 Å². The monoisotopic (exact) mass is 235 g/mol. The van der Waals surface area contributed by atoms with Crippen molar-refractivity contribution in [3.8, 4) is 11.3 Å². The average molecular weight is 236 g/mol. The number of benzene rings is 1. The Balaban J connectivity index is 2.25. The number of fused-ring (bicyclic) bond motifs is 3. The maximum absolute atomic E-state index is 5.99. The number of aromatic nitrogens is 1. The summed E-state index contributed by atoms with van der Waals surface area (Å²) in [5.74, 6) is 0. The SMILES string of the molecule is Cc1nc2c(s1)CCc1cc(Cl)ccc1-2. The fourth-order valence-electron chi connectivity index (χ4n) is 2.10. The Labute approximate surface area is 97.7 Å². The van der Waals surface area contributed by atoms with Gasteiger partial charge >= 0.3 is 0 Å². The van der Waals surface area contributed by atoms with Gasteiger partial charge in [-0.1, -0.05) is 17.7 Å². The van der Waals surface area contributed by atoms with Gasteiger partial charge < -0.3 is 0 Å². The summed E-state index contributed by atoms with van der Waals surface area (Å²) in [6.45, 7) is 2.07. The summed E-state index contributed by atoms with van der Waals surface area (Å²) in [5.41, 5.74) is 3.78. The molecule has 0 spiro atoms. The molecular weight excluding hydrogens is 226 g/mol. The fraction of sp³-hybridized carbons (Fsp3) is 0.250. The summed E-state index contributed by atoms with van der Waals surface area (Å²) < 4.78 is 0. The van der Waals surface area contributed by atoms with Gasteiger partial charge in [0.1, 0.15) is 0 Å². The Morgan fingerprint density at radius 3 is 3.07 bits per heavy atom. The van der Waals surface area contributed by atoms with Crippen LogP contribution in [0.2, 0.25) is 5.02 Å². The summed E-state index contributed by atoms with van der Waals surface area (Å²) in [7, 11) is 0. The third kappa shape index (κ3) is 1.48. The van der Waals surface area contributed by atoms with Crippen molar-refractivity contribution in [2.24, 2.45) is 0 Å². The Kier molecular flexibility index (Phi) is 2.08. The Morgan fingerprint density at radius 2 is 2.20 bits per heavy atom. The molecule has 1 nitrogen and oxygen atoms in total. The van der Waals surface area contributed by atoms with Crippen LogP contribution in [0.5, 0.6) is 0 Å². The van der Waals surface area contributed by atoms with Crippen molar-refractivity contribution < 1.29 is 0 Å². The van der Waals surface area contributed by atoms with Crippen LogP contribution in [0, 0.1) is 6.92 Å². The highest BCUT2D eigenvalue weighted by Gasteiger charge is 2.19. The highest BCUT2D eigenvalue weighted by molar-refractivity contribution is 7.12. The van der Waals surface area contributed by atoms with Crippen LogP contribution in [0.1, 0.15) is 15.4 Å². The highest BCUT2D eigenvalue weighted by atomic mass is 35.5. The highest BCUT2D eigenvalue weighted by Crippen LogP contribution is 2.36. The van der Waals surface area contributed by atoms with Crippen LogP contribution in [0.3, 0.4) is 0 Å². The van der Waals surface area contributed by atoms with Gasteiger partial charge in [0.15, 0.2) is 0 Å². The van der Waals surface area contributed by atoms with Crippen LogP contribution in [0.25, 0.3) is 11.3 Å². The second kappa shape index (κ2) is 3.32. The van der Waals surface area contributed by atoms with Gasteiger partial charge in [-0.3, -0.25) is 0 Å². The summed E-state index contributed by atoms with van der Waals surface area (Å²) in [4.78, 5) is 6.02. The maximum atomic E-state index is 5.99. The molecule has 1 aromatic heterocycles. The number of hydrogen-bond donors (Lipinski definition) is 0. The van der Waals surface area contributed by atoms with E-state index in [4.69, 9.17) is 11.6 Å². The van der Waals surface area contributed by atoms with Crippen molar-refractivity contribution in [3.63, 3.8) is 0 Å². The van der Waals surface area contributed by atoms with E-state index in [-0.39, 0.29) is 0 Å². The molecule has 3 rings (SSSR count). The second-order valence-corrected chi connectivity index (χ2v) is 5.53. The summed E-state index contributed by atoms with van der Waals surface area (Å²) in [6.07, 6.45) is 2.19. The second-order valence-electron chi connectivity index (χ2n) is 3.81. The van der Waals surface area contributed by atoms with Gasteiger partial charge in [0.2, 0.25) is 0 Å². The first-order chi connectivity index (χ1) is 7.24. The zero-order valence-corrected chi connectivity index (χ0v) is 9.95. The number of halogens is 1. The molecule has 0 atom stereocenters. The lowest BCUT2D eigenvalue weighted by Crippen LogP contribution is -2.01. The van der Waals surface area contributed by atoms with Gasteiger partial charge in [-0.2, -0.15) is 0 Å². The van der Waals surface area contributed by atoms with E-state index in [2.05, 4.69) is 24.0 Å². The topological polar surface area (TPSA) is 12.9 Å². The quantitative estimate of drug-likeness (QED) is 0.676. The lowest BCUT2D eigenvalue weighted by atomic mass is 9.94. The molecule has 0 bridgehead atoms. The minimum absolute atomic E-state index is 0.823. The number of aryl methyl sites for hydroxylation is 3. The van der Waals surface area contributed by atoms with E-state index in [0.29, 0.717) is 0 Å². The first-order valence-corrected chi connectivity index (χ1v) is 6.18. The van der Waals surface area contributed by atoms with E-state index in [1.54, 1.807) is 0 Å². The first kappa shape index (κ1) is 9.37. The van der Waals surface area contributed by atoms with Crippen molar-refractivity contribution in [3.05, 3.63) is 38.7 Å². The van der Waals surface area contributed by atoms with Crippen LogP contribution in [0.4, 0.5) is 0 Å². The number of rotatable bonds is 0. The van der Waals surface area contributed by atoms with Crippen LogP contribution < -0.4 is 0 Å². The molecule has 76 valence electrons. The van der Waals surface area contributed by atoms with Crippen molar-refractivity contribution in [1.29, 1.82) is 0 Å². The molecule has 0 aliphatic heterocycles. The lowest BCUT2D eigenvalue weighted by Gasteiger charge is -2.14. The van der Waals surface area contributed by atoms with Gasteiger partial charge in [-0.25, -0.2) is 4.98 Å². The van der Waals surface area contributed by atoms with E-state index in [0.717, 1.165) is 22.9 Å². The minimum Gasteiger partial charge on any atom is -0.241 e. The normalized spacial score (nSPS) is 13.5. The van der Waals surface area contributed by atoms with Crippen LogP contribution >= 0.6 is 22.9 Å². The molecule has 3 heteroatoms. The molecule has 0 N–H and O–H groups in total. The van der Waals surface area contributed by atoms with Crippen LogP contribution in [0.15, 0.2) is 18.2 Å². The van der Waals surface area contributed by atoms with Gasteiger partial charge in [-0.05, 0) is 37.5 Å². The Hall–Kier alpha value is -0.860. The van der Waals surface area contributed by atoms with Crippen molar-refractivity contribution in [1.82, 2.24) is 4.98 Å². The zero-order chi connectivity index (χ0) is 10.4. The minimum atomic E-state index is 0.823. The lowest BCUT2D eigenvalue weighted by molar-refractivity contribution is 0.954. The van der Waals surface area contributed by atoms with Crippen LogP contribution in [-0.4, -0.2) is 4.98 Å². The van der Waals surface area contributed by atoms with E-state index in [1.165, 1.54) is 21.7 Å². The molecule has 0 saturated carbocycles. The zero-order valence-electron chi connectivity index (χ0n) is 8.38. The molecule has 1 heterocycles. The molecule has 0 radical (unpaired) electrons. The van der Waals surface area contributed by atoms with E-state index < -0.39 is 0 Å².